The Morgan fingerprint density at radius 2 is 1.20 bits per heavy atom. The molecule has 4 aromatic rings. The van der Waals surface area contributed by atoms with Crippen LogP contribution in [0.2, 0.25) is 0 Å². The molecule has 41 heavy (non-hydrogen) atoms. The lowest BCUT2D eigenvalue weighted by Gasteiger charge is -2.24. The molecule has 0 aliphatic carbocycles. The van der Waals surface area contributed by atoms with Crippen LogP contribution in [0.25, 0.3) is 0 Å². The average Bonchev–Trinajstić information content (AvgIpc) is 2.92. The number of carbonyl (C=O) groups is 1. The van der Waals surface area contributed by atoms with E-state index in [1.165, 1.54) is 28.6 Å². The first-order chi connectivity index (χ1) is 19.6. The molecule has 0 radical (unpaired) electrons. The fourth-order valence-corrected chi connectivity index (χ4v) is 5.30. The smallest absolute Gasteiger partial charge is 0.337 e. The number of ether oxygens (including phenoxy) is 2. The van der Waals surface area contributed by atoms with Gasteiger partial charge in [-0.15, -0.1) is 0 Å². The number of carboxylic acids is 1. The lowest BCUT2D eigenvalue weighted by atomic mass is 10.1. The van der Waals surface area contributed by atoms with Gasteiger partial charge in [0.25, 0.3) is 22.5 Å². The Bertz CT molecular complexity index is 1590. The van der Waals surface area contributed by atoms with E-state index in [2.05, 4.69) is 0 Å². The summed E-state index contributed by atoms with van der Waals surface area (Å²) in [5, 5.41) is 9.93. The zero-order chi connectivity index (χ0) is 29.7. The molecule has 10 nitrogen and oxygen atoms in total. The fraction of sp³-hybridized carbons (Fsp3) is 0.138. The van der Waals surface area contributed by atoms with Crippen molar-refractivity contribution in [1.29, 1.82) is 0 Å². The molecule has 214 valence electrons. The highest BCUT2D eigenvalue weighted by Crippen LogP contribution is 2.40. The van der Waals surface area contributed by atoms with E-state index in [1.807, 2.05) is 26.0 Å². The first-order valence-corrected chi connectivity index (χ1v) is 14.5. The van der Waals surface area contributed by atoms with Crippen molar-refractivity contribution in [3.63, 3.8) is 0 Å². The summed E-state index contributed by atoms with van der Waals surface area (Å²) in [6.07, 6.45) is 0. The molecule has 0 aliphatic rings. The number of carboxylic acid groups (broad SMARTS) is 1. The van der Waals surface area contributed by atoms with E-state index >= 15 is 0 Å². The second kappa shape index (κ2) is 13.0. The minimum atomic E-state index is -2.55. The maximum Gasteiger partial charge on any atom is 0.337 e. The highest BCUT2D eigenvalue weighted by atomic mass is 32.2. The number of nitrogens with zero attached hydrogens (tertiary/aromatic N) is 2. The number of aromatic carboxylic acids is 1. The fourth-order valence-electron chi connectivity index (χ4n) is 4.05. The molecule has 0 saturated carbocycles. The van der Waals surface area contributed by atoms with E-state index in [-0.39, 0.29) is 35.1 Å². The quantitative estimate of drug-likeness (QED) is 0.162. The van der Waals surface area contributed by atoms with Crippen LogP contribution in [0, 0.1) is 13.8 Å². The zero-order valence-corrected chi connectivity index (χ0v) is 24.0. The van der Waals surface area contributed by atoms with Gasteiger partial charge in [0.1, 0.15) is 17.2 Å². The number of hydrogen-bond donors (Lipinski definition) is 3. The molecule has 4 aromatic carbocycles. The predicted octanol–water partition coefficient (Wildman–Crippen LogP) is 6.74. The number of aryl methyl sites for hydroxylation is 2. The molecule has 0 spiro atoms. The molecule has 4 rings (SSSR count). The van der Waals surface area contributed by atoms with Gasteiger partial charge in [0.15, 0.2) is 0 Å². The summed E-state index contributed by atoms with van der Waals surface area (Å²) >= 11 is -4.96. The molecule has 2 unspecified atom stereocenters. The minimum Gasteiger partial charge on any atom is -0.492 e. The van der Waals surface area contributed by atoms with Crippen LogP contribution in [0.1, 0.15) is 28.4 Å². The van der Waals surface area contributed by atoms with E-state index in [1.54, 1.807) is 55.5 Å². The molecule has 3 N–H and O–H groups in total. The van der Waals surface area contributed by atoms with Crippen molar-refractivity contribution >= 4 is 51.3 Å². The third kappa shape index (κ3) is 6.92. The number of anilines is 4. The van der Waals surface area contributed by atoms with Crippen LogP contribution in [0.4, 0.5) is 22.7 Å². The normalized spacial score (nSPS) is 12.3. The third-order valence-electron chi connectivity index (χ3n) is 5.95. The van der Waals surface area contributed by atoms with Crippen molar-refractivity contribution in [2.75, 3.05) is 15.2 Å². The Hall–Kier alpha value is -4.23. The second-order valence-corrected chi connectivity index (χ2v) is 10.5. The number of rotatable bonds is 11. The van der Waals surface area contributed by atoms with Crippen LogP contribution in [-0.2, 0) is 22.5 Å². The Balaban J connectivity index is 1.70. The van der Waals surface area contributed by atoms with Crippen molar-refractivity contribution in [3.8, 4) is 17.2 Å². The first kappa shape index (κ1) is 29.7. The van der Waals surface area contributed by atoms with Crippen molar-refractivity contribution in [1.82, 2.24) is 0 Å². The minimum absolute atomic E-state index is 0.000876. The molecule has 0 aliphatic heterocycles. The van der Waals surface area contributed by atoms with Gasteiger partial charge in [0.2, 0.25) is 0 Å². The molecule has 0 fully saturated rings. The Kier molecular flexibility index (Phi) is 9.40. The highest BCUT2D eigenvalue weighted by molar-refractivity contribution is 7.81. The second-order valence-electron chi connectivity index (χ2n) is 8.87. The van der Waals surface area contributed by atoms with E-state index in [4.69, 9.17) is 9.47 Å². The zero-order valence-electron chi connectivity index (χ0n) is 22.4. The largest absolute Gasteiger partial charge is 0.492 e. The van der Waals surface area contributed by atoms with Gasteiger partial charge in [-0.05, 0) is 75.4 Å². The van der Waals surface area contributed by atoms with Gasteiger partial charge in [0.05, 0.1) is 34.9 Å². The summed E-state index contributed by atoms with van der Waals surface area (Å²) in [6.45, 7) is 5.81. The Morgan fingerprint density at radius 1 is 0.732 bits per heavy atom. The van der Waals surface area contributed by atoms with E-state index < -0.39 is 28.5 Å². The van der Waals surface area contributed by atoms with Gasteiger partial charge < -0.3 is 14.6 Å². The summed E-state index contributed by atoms with van der Waals surface area (Å²) < 4.78 is 58.6. The first-order valence-electron chi connectivity index (χ1n) is 12.4. The molecule has 0 aromatic heterocycles. The Labute approximate surface area is 242 Å². The summed E-state index contributed by atoms with van der Waals surface area (Å²) in [7, 11) is 0. The Morgan fingerprint density at radius 3 is 1.66 bits per heavy atom. The monoisotopic (exact) mass is 596 g/mol. The van der Waals surface area contributed by atoms with Gasteiger partial charge in [-0.1, -0.05) is 35.4 Å². The van der Waals surface area contributed by atoms with Gasteiger partial charge >= 0.3 is 5.97 Å². The molecule has 2 atom stereocenters. The van der Waals surface area contributed by atoms with Crippen LogP contribution in [0.3, 0.4) is 0 Å². The van der Waals surface area contributed by atoms with Crippen molar-refractivity contribution in [2.24, 2.45) is 0 Å². The molecule has 0 heterocycles. The topological polar surface area (TPSA) is 137 Å². The predicted molar refractivity (Wildman–Crippen MR) is 159 cm³/mol. The highest BCUT2D eigenvalue weighted by Gasteiger charge is 2.24. The molecular weight excluding hydrogens is 568 g/mol. The van der Waals surface area contributed by atoms with Crippen LogP contribution in [-0.4, -0.2) is 35.2 Å². The standard InChI is InChI=1S/C29H28N2O8S2/c1-4-38-28-18-24(14-16-27(28)31(41(36)37)22-11-7-20(3)8-12-22)39-23-13-15-26(25(17-23)29(32)33)30(40(34)35)21-9-5-19(2)6-10-21/h5-18H,4H2,1-3H3,(H,32,33)(H,34,35)(H,36,37). The summed E-state index contributed by atoms with van der Waals surface area (Å²) in [4.78, 5) is 12.2. The summed E-state index contributed by atoms with van der Waals surface area (Å²) in [5.74, 6) is -0.633. The van der Waals surface area contributed by atoms with Crippen molar-refractivity contribution in [3.05, 3.63) is 102 Å². The average molecular weight is 597 g/mol. The molecule has 0 saturated heterocycles. The SMILES string of the molecule is CCOc1cc(Oc2ccc(N(c3ccc(C)cc3)S(=O)O)c(C(=O)O)c2)ccc1N(c1ccc(C)cc1)S(=O)O. The summed E-state index contributed by atoms with van der Waals surface area (Å²) in [6, 6.07) is 22.6. The van der Waals surface area contributed by atoms with Crippen molar-refractivity contribution in [2.45, 2.75) is 20.8 Å². The van der Waals surface area contributed by atoms with Crippen LogP contribution >= 0.6 is 0 Å². The third-order valence-corrected chi connectivity index (χ3v) is 7.39. The molecule has 0 bridgehead atoms. The maximum absolute atomic E-state index is 12.3. The van der Waals surface area contributed by atoms with E-state index in [9.17, 15) is 27.4 Å². The van der Waals surface area contributed by atoms with E-state index in [0.717, 1.165) is 15.4 Å². The van der Waals surface area contributed by atoms with Crippen LogP contribution < -0.4 is 18.1 Å². The van der Waals surface area contributed by atoms with Gasteiger partial charge in [-0.3, -0.25) is 9.11 Å². The molecular formula is C29H28N2O8S2. The summed E-state index contributed by atoms with van der Waals surface area (Å²) in [5.41, 5.74) is 2.81. The van der Waals surface area contributed by atoms with Crippen molar-refractivity contribution < 1.29 is 36.9 Å². The number of benzene rings is 4. The van der Waals surface area contributed by atoms with Crippen LogP contribution in [0.5, 0.6) is 17.2 Å². The van der Waals surface area contributed by atoms with E-state index in [0.29, 0.717) is 17.1 Å². The van der Waals surface area contributed by atoms with Crippen LogP contribution in [0.15, 0.2) is 84.9 Å². The number of hydrogen-bond acceptors (Lipinski definition) is 5. The van der Waals surface area contributed by atoms with Gasteiger partial charge in [0, 0.05) is 6.07 Å². The lowest BCUT2D eigenvalue weighted by molar-refractivity contribution is 0.0697. The van der Waals surface area contributed by atoms with Gasteiger partial charge in [-0.25, -0.2) is 21.8 Å². The maximum atomic E-state index is 12.3. The lowest BCUT2D eigenvalue weighted by Crippen LogP contribution is -2.21. The molecule has 12 heteroatoms. The molecule has 0 amide bonds. The van der Waals surface area contributed by atoms with Gasteiger partial charge in [-0.2, -0.15) is 0 Å².